The Morgan fingerprint density at radius 1 is 1.56 bits per heavy atom. The first-order chi connectivity index (χ1) is 7.43. The van der Waals surface area contributed by atoms with E-state index in [4.69, 9.17) is 0 Å². The Morgan fingerprint density at radius 2 is 2.25 bits per heavy atom. The molecule has 1 aliphatic carbocycles. The van der Waals surface area contributed by atoms with Gasteiger partial charge in [-0.1, -0.05) is 26.0 Å². The van der Waals surface area contributed by atoms with Crippen LogP contribution in [0.1, 0.15) is 40.0 Å². The molecule has 2 atom stereocenters. The van der Waals surface area contributed by atoms with Gasteiger partial charge in [0.2, 0.25) is 5.91 Å². The predicted octanol–water partition coefficient (Wildman–Crippen LogP) is 1.87. The molecule has 0 aromatic heterocycles. The summed E-state index contributed by atoms with van der Waals surface area (Å²) in [5.41, 5.74) is -0.819. The van der Waals surface area contributed by atoms with Gasteiger partial charge >= 0.3 is 0 Å². The maximum atomic E-state index is 11.8. The maximum Gasteiger partial charge on any atom is 0.223 e. The van der Waals surface area contributed by atoms with E-state index in [1.54, 1.807) is 6.92 Å². The normalized spacial score (nSPS) is 24.2. The van der Waals surface area contributed by atoms with Crippen LogP contribution in [0.4, 0.5) is 0 Å². The van der Waals surface area contributed by atoms with Gasteiger partial charge in [-0.2, -0.15) is 0 Å². The zero-order valence-electron chi connectivity index (χ0n) is 10.5. The maximum absolute atomic E-state index is 11.8. The molecule has 0 aromatic carbocycles. The van der Waals surface area contributed by atoms with Gasteiger partial charge in [-0.25, -0.2) is 0 Å². The van der Waals surface area contributed by atoms with Crippen LogP contribution in [0.3, 0.4) is 0 Å². The van der Waals surface area contributed by atoms with Crippen molar-refractivity contribution in [2.45, 2.75) is 45.6 Å². The molecule has 1 amide bonds. The minimum Gasteiger partial charge on any atom is -0.388 e. The van der Waals surface area contributed by atoms with E-state index in [1.807, 2.05) is 13.8 Å². The van der Waals surface area contributed by atoms with E-state index in [2.05, 4.69) is 17.5 Å². The van der Waals surface area contributed by atoms with E-state index in [0.717, 1.165) is 19.3 Å². The van der Waals surface area contributed by atoms with Gasteiger partial charge in [0.1, 0.15) is 0 Å². The van der Waals surface area contributed by atoms with E-state index in [9.17, 15) is 9.90 Å². The molecule has 0 spiro atoms. The molecule has 16 heavy (non-hydrogen) atoms. The smallest absolute Gasteiger partial charge is 0.223 e. The second-order valence-corrected chi connectivity index (χ2v) is 5.21. The Kier molecular flexibility index (Phi) is 4.54. The first kappa shape index (κ1) is 13.2. The number of aliphatic hydroxyl groups is 1. The molecule has 92 valence electrons. The minimum atomic E-state index is -0.819. The van der Waals surface area contributed by atoms with E-state index >= 15 is 0 Å². The summed E-state index contributed by atoms with van der Waals surface area (Å²) in [6, 6.07) is 0. The Bertz CT molecular complexity index is 269. The molecule has 3 nitrogen and oxygen atoms in total. The van der Waals surface area contributed by atoms with E-state index in [0.29, 0.717) is 6.54 Å². The summed E-state index contributed by atoms with van der Waals surface area (Å²) in [5.74, 6) is 0.303. The molecule has 1 rings (SSSR count). The Balaban J connectivity index is 2.37. The summed E-state index contributed by atoms with van der Waals surface area (Å²) < 4.78 is 0. The highest BCUT2D eigenvalue weighted by Gasteiger charge is 2.27. The number of rotatable bonds is 4. The summed E-state index contributed by atoms with van der Waals surface area (Å²) in [6.07, 6.45) is 6.92. The summed E-state index contributed by atoms with van der Waals surface area (Å²) in [6.45, 7) is 6.01. The van der Waals surface area contributed by atoms with Gasteiger partial charge in [0, 0.05) is 12.5 Å². The van der Waals surface area contributed by atoms with Crippen LogP contribution in [0.2, 0.25) is 0 Å². The lowest BCUT2D eigenvalue weighted by atomic mass is 9.91. The lowest BCUT2D eigenvalue weighted by molar-refractivity contribution is -0.126. The van der Waals surface area contributed by atoms with E-state index < -0.39 is 5.60 Å². The molecular formula is C13H23NO2. The fourth-order valence-corrected chi connectivity index (χ4v) is 1.65. The van der Waals surface area contributed by atoms with Crippen molar-refractivity contribution in [2.24, 2.45) is 11.8 Å². The fraction of sp³-hybridized carbons (Fsp3) is 0.769. The molecule has 3 heteroatoms. The van der Waals surface area contributed by atoms with Gasteiger partial charge in [0.15, 0.2) is 0 Å². The van der Waals surface area contributed by atoms with Crippen molar-refractivity contribution in [3.8, 4) is 0 Å². The predicted molar refractivity (Wildman–Crippen MR) is 65.0 cm³/mol. The Hall–Kier alpha value is -0.830. The SMILES string of the molecule is CC(C)C(C)(O)CNC(=O)C1CC=CCC1. The van der Waals surface area contributed by atoms with Crippen LogP contribution in [-0.2, 0) is 4.79 Å². The van der Waals surface area contributed by atoms with Crippen LogP contribution in [-0.4, -0.2) is 23.2 Å². The Labute approximate surface area is 97.9 Å². The average Bonchev–Trinajstić information content (AvgIpc) is 2.27. The standard InChI is InChI=1S/C13H23NO2/c1-10(2)13(3,16)9-14-12(15)11-7-5-4-6-8-11/h4-5,10-11,16H,6-9H2,1-3H3,(H,14,15). The average molecular weight is 225 g/mol. The lowest BCUT2D eigenvalue weighted by Crippen LogP contribution is -2.46. The monoisotopic (exact) mass is 225 g/mol. The molecule has 0 fully saturated rings. The van der Waals surface area contributed by atoms with Crippen molar-refractivity contribution < 1.29 is 9.90 Å². The summed E-state index contributed by atoms with van der Waals surface area (Å²) in [7, 11) is 0. The van der Waals surface area contributed by atoms with Gasteiger partial charge in [-0.05, 0) is 32.1 Å². The van der Waals surface area contributed by atoms with Crippen molar-refractivity contribution in [3.05, 3.63) is 12.2 Å². The molecule has 0 saturated carbocycles. The number of carbonyl (C=O) groups is 1. The first-order valence-corrected chi connectivity index (χ1v) is 6.08. The zero-order valence-corrected chi connectivity index (χ0v) is 10.5. The molecular weight excluding hydrogens is 202 g/mol. The molecule has 1 aliphatic rings. The second-order valence-electron chi connectivity index (χ2n) is 5.21. The largest absolute Gasteiger partial charge is 0.388 e. The van der Waals surface area contributed by atoms with Crippen molar-refractivity contribution >= 4 is 5.91 Å². The quantitative estimate of drug-likeness (QED) is 0.718. The molecule has 2 N–H and O–H groups in total. The van der Waals surface area contributed by atoms with Gasteiger partial charge < -0.3 is 10.4 Å². The third kappa shape index (κ3) is 3.63. The third-order valence-corrected chi connectivity index (χ3v) is 3.50. The zero-order chi connectivity index (χ0) is 12.2. The lowest BCUT2D eigenvalue weighted by Gasteiger charge is -2.29. The summed E-state index contributed by atoms with van der Waals surface area (Å²) >= 11 is 0. The van der Waals surface area contributed by atoms with Crippen molar-refractivity contribution in [1.29, 1.82) is 0 Å². The van der Waals surface area contributed by atoms with Crippen LogP contribution in [0, 0.1) is 11.8 Å². The number of hydrogen-bond donors (Lipinski definition) is 2. The highest BCUT2D eigenvalue weighted by Crippen LogP contribution is 2.19. The molecule has 0 aromatic rings. The van der Waals surface area contributed by atoms with Crippen LogP contribution >= 0.6 is 0 Å². The van der Waals surface area contributed by atoms with Gasteiger partial charge in [-0.15, -0.1) is 0 Å². The van der Waals surface area contributed by atoms with Gasteiger partial charge in [-0.3, -0.25) is 4.79 Å². The molecule has 0 radical (unpaired) electrons. The van der Waals surface area contributed by atoms with Crippen LogP contribution in [0.5, 0.6) is 0 Å². The fourth-order valence-electron chi connectivity index (χ4n) is 1.65. The van der Waals surface area contributed by atoms with Crippen molar-refractivity contribution in [1.82, 2.24) is 5.32 Å². The Morgan fingerprint density at radius 3 is 2.75 bits per heavy atom. The number of hydrogen-bond acceptors (Lipinski definition) is 2. The number of amides is 1. The third-order valence-electron chi connectivity index (χ3n) is 3.50. The molecule has 0 bridgehead atoms. The van der Waals surface area contributed by atoms with Gasteiger partial charge in [0.25, 0.3) is 0 Å². The molecule has 0 saturated heterocycles. The molecule has 0 aliphatic heterocycles. The first-order valence-electron chi connectivity index (χ1n) is 6.08. The van der Waals surface area contributed by atoms with E-state index in [1.165, 1.54) is 0 Å². The summed E-state index contributed by atoms with van der Waals surface area (Å²) in [5, 5.41) is 12.9. The number of nitrogens with one attached hydrogen (secondary N) is 1. The van der Waals surface area contributed by atoms with Crippen LogP contribution < -0.4 is 5.32 Å². The van der Waals surface area contributed by atoms with Crippen LogP contribution in [0.25, 0.3) is 0 Å². The molecule has 0 heterocycles. The van der Waals surface area contributed by atoms with Gasteiger partial charge in [0.05, 0.1) is 5.60 Å². The molecule has 2 unspecified atom stereocenters. The van der Waals surface area contributed by atoms with E-state index in [-0.39, 0.29) is 17.7 Å². The highest BCUT2D eigenvalue weighted by atomic mass is 16.3. The van der Waals surface area contributed by atoms with Crippen LogP contribution in [0.15, 0.2) is 12.2 Å². The topological polar surface area (TPSA) is 49.3 Å². The van der Waals surface area contributed by atoms with Crippen molar-refractivity contribution in [3.63, 3.8) is 0 Å². The summed E-state index contributed by atoms with van der Waals surface area (Å²) in [4.78, 5) is 11.8. The minimum absolute atomic E-state index is 0.0743. The highest BCUT2D eigenvalue weighted by molar-refractivity contribution is 5.79. The second kappa shape index (κ2) is 5.48. The number of allylic oxidation sites excluding steroid dienone is 2. The van der Waals surface area contributed by atoms with Crippen molar-refractivity contribution in [2.75, 3.05) is 6.54 Å². The number of carbonyl (C=O) groups excluding carboxylic acids is 1.